The number of piperidine rings is 3. The summed E-state index contributed by atoms with van der Waals surface area (Å²) in [5.74, 6) is 6.50. The van der Waals surface area contributed by atoms with E-state index >= 15 is 0 Å². The van der Waals surface area contributed by atoms with Crippen molar-refractivity contribution >= 4 is 0 Å². The molecule has 0 saturated carbocycles. The fourth-order valence-corrected chi connectivity index (χ4v) is 10.8. The lowest BCUT2D eigenvalue weighted by atomic mass is 9.42. The van der Waals surface area contributed by atoms with Crippen LogP contribution in [0.1, 0.15) is 208 Å². The van der Waals surface area contributed by atoms with Crippen molar-refractivity contribution in [2.45, 2.75) is 241 Å². The van der Waals surface area contributed by atoms with E-state index in [0.717, 1.165) is 0 Å². The summed E-state index contributed by atoms with van der Waals surface area (Å²) in [6, 6.07) is 0. The molecule has 0 unspecified atom stereocenters. The summed E-state index contributed by atoms with van der Waals surface area (Å²) < 4.78 is 0. The zero-order valence-electron chi connectivity index (χ0n) is 40.3. The fourth-order valence-electron chi connectivity index (χ4n) is 10.8. The van der Waals surface area contributed by atoms with E-state index in [2.05, 4.69) is 223 Å². The van der Waals surface area contributed by atoms with Crippen molar-refractivity contribution in [2.75, 3.05) is 0 Å². The van der Waals surface area contributed by atoms with Crippen LogP contribution in [0.2, 0.25) is 0 Å². The highest BCUT2D eigenvalue weighted by atomic mass is 16.3. The Bertz CT molecular complexity index is 1210. The third-order valence-corrected chi connectivity index (χ3v) is 21.6. The average molecular weight is 720 g/mol. The topological polar surface area (TPSA) is 74.0 Å². The largest absolute Gasteiger partial charge is 0.306 e. The van der Waals surface area contributed by atoms with Gasteiger partial charge in [-0.3, -0.25) is 5.84 Å². The molecule has 0 atom stereocenters. The van der Waals surface area contributed by atoms with Gasteiger partial charge >= 0.3 is 0 Å². The second-order valence-electron chi connectivity index (χ2n) is 25.0. The van der Waals surface area contributed by atoms with E-state index in [0.29, 0.717) is 0 Å². The van der Waals surface area contributed by atoms with Crippen LogP contribution in [0.5, 0.6) is 0 Å². The van der Waals surface area contributed by atoms with Crippen molar-refractivity contribution in [3.63, 3.8) is 0 Å². The Balaban J connectivity index is 0.000000383. The van der Waals surface area contributed by atoms with E-state index in [9.17, 15) is 4.91 Å². The maximum atomic E-state index is 11.5. The van der Waals surface area contributed by atoms with Gasteiger partial charge in [0, 0.05) is 22.2 Å². The maximum absolute atomic E-state index is 11.5. The Labute approximate surface area is 320 Å². The number of nitrogens with two attached hydrogens (primary N) is 1. The molecular formula is C45H93N5O. The minimum absolute atomic E-state index is 0.0322. The van der Waals surface area contributed by atoms with Crippen LogP contribution in [0.3, 0.4) is 0 Å². The molecule has 3 saturated heterocycles. The number of hydrogen-bond acceptors (Lipinski definition) is 5. The number of rotatable bonds is 1. The smallest absolute Gasteiger partial charge is 0.0617 e. The van der Waals surface area contributed by atoms with Crippen molar-refractivity contribution in [1.29, 1.82) is 0 Å². The molecule has 3 aliphatic heterocycles. The van der Waals surface area contributed by atoms with Gasteiger partial charge in [-0.25, -0.2) is 10.0 Å². The molecule has 0 aromatic carbocycles. The van der Waals surface area contributed by atoms with Gasteiger partial charge in [0.2, 0.25) is 0 Å². The van der Waals surface area contributed by atoms with Crippen molar-refractivity contribution in [1.82, 2.24) is 15.3 Å². The highest BCUT2D eigenvalue weighted by Crippen LogP contribution is 2.68. The van der Waals surface area contributed by atoms with Crippen LogP contribution in [-0.4, -0.2) is 43.3 Å². The lowest BCUT2D eigenvalue weighted by molar-refractivity contribution is -0.248. The van der Waals surface area contributed by atoms with Gasteiger partial charge in [-0.1, -0.05) is 125 Å². The molecule has 51 heavy (non-hydrogen) atoms. The third-order valence-electron chi connectivity index (χ3n) is 21.6. The molecule has 0 spiro atoms. The SMILES string of the molecule is CC1(C)N(N)C(C)(C)C(C)(C)C(C)(C)C1(C)C.CC1(C)N(N=O)C(C)(C)C(C)(C)C(C)(C)C1(C)C.CC1(C)NC(C)(C)C(C)(C)C(C)(C)C1(C)C. The minimum Gasteiger partial charge on any atom is -0.306 e. The van der Waals surface area contributed by atoms with Crippen molar-refractivity contribution in [2.24, 2.45) is 59.9 Å². The third kappa shape index (κ3) is 5.68. The van der Waals surface area contributed by atoms with Crippen molar-refractivity contribution < 1.29 is 0 Å². The zero-order valence-corrected chi connectivity index (χ0v) is 40.3. The number of hydrazine groups is 1. The lowest BCUT2D eigenvalue weighted by Crippen LogP contribution is -2.79. The number of hydrogen-bond donors (Lipinski definition) is 2. The van der Waals surface area contributed by atoms with Gasteiger partial charge in [-0.05, 0) is 132 Å². The van der Waals surface area contributed by atoms with Crippen molar-refractivity contribution in [3.8, 4) is 0 Å². The molecule has 0 bridgehead atoms. The molecule has 0 aliphatic carbocycles. The molecule has 3 heterocycles. The Hall–Kier alpha value is -0.720. The van der Waals surface area contributed by atoms with Gasteiger partial charge in [0.15, 0.2) is 0 Å². The van der Waals surface area contributed by atoms with Gasteiger partial charge in [0.25, 0.3) is 0 Å². The van der Waals surface area contributed by atoms with Gasteiger partial charge in [-0.2, -0.15) is 0 Å². The Morgan fingerprint density at radius 2 is 0.529 bits per heavy atom. The van der Waals surface area contributed by atoms with Crippen LogP contribution in [0.25, 0.3) is 0 Å². The molecule has 0 radical (unpaired) electrons. The minimum atomic E-state index is -0.280. The number of nitrogens with one attached hydrogen (secondary N) is 1. The fraction of sp³-hybridized carbons (Fsp3) is 1.00. The summed E-state index contributed by atoms with van der Waals surface area (Å²) in [5.41, 5.74) is 0.916. The predicted molar refractivity (Wildman–Crippen MR) is 225 cm³/mol. The lowest BCUT2D eigenvalue weighted by Gasteiger charge is -2.73. The van der Waals surface area contributed by atoms with Gasteiger partial charge in [0.1, 0.15) is 0 Å². The summed E-state index contributed by atoms with van der Waals surface area (Å²) in [5, 5.41) is 11.1. The zero-order chi connectivity index (χ0) is 42.1. The first-order valence-corrected chi connectivity index (χ1v) is 20.0. The first-order valence-electron chi connectivity index (χ1n) is 20.0. The molecule has 3 rings (SSSR count). The van der Waals surface area contributed by atoms with E-state index in [1.807, 2.05) is 0 Å². The first kappa shape index (κ1) is 48.3. The van der Waals surface area contributed by atoms with E-state index in [1.54, 1.807) is 5.01 Å². The van der Waals surface area contributed by atoms with Gasteiger partial charge < -0.3 is 5.32 Å². The molecule has 3 N–H and O–H groups in total. The maximum Gasteiger partial charge on any atom is 0.0617 e. The highest BCUT2D eigenvalue weighted by molar-refractivity contribution is 5.21. The molecule has 3 fully saturated rings. The normalized spacial score (nSPS) is 32.5. The van der Waals surface area contributed by atoms with Crippen LogP contribution in [0.15, 0.2) is 5.29 Å². The average Bonchev–Trinajstić information content (AvgIpc) is 2.89. The monoisotopic (exact) mass is 720 g/mol. The molecule has 0 aromatic heterocycles. The molecule has 0 aromatic rings. The van der Waals surface area contributed by atoms with E-state index in [-0.39, 0.29) is 82.0 Å². The standard InChI is InChI=1S/C15H30N2O.C15H32N2.C15H31N/c1-11(2)12(3,4)14(7,8)17(16-18)15(9,10)13(11,5)6;1-11(2)12(3,4)14(7,8)17(16)15(9,10)13(11,5)6;1-11(2)12(3,4)14(7,8)16-15(9,10)13(11,5)6/h1-10H3;16H2,1-10H3;16H,1-10H3. The highest BCUT2D eigenvalue weighted by Gasteiger charge is 2.70. The van der Waals surface area contributed by atoms with E-state index in [1.165, 1.54) is 0 Å². The molecule has 0 amide bonds. The predicted octanol–water partition coefficient (Wildman–Crippen LogP) is 12.7. The summed E-state index contributed by atoms with van der Waals surface area (Å²) >= 11 is 0. The second kappa shape index (κ2) is 12.1. The number of nitroso groups, excluding NO2 is 1. The number of nitrogens with zero attached hydrogens (tertiary/aromatic N) is 3. The Morgan fingerprint density at radius 1 is 0.333 bits per heavy atom. The van der Waals surface area contributed by atoms with Crippen LogP contribution >= 0.6 is 0 Å². The summed E-state index contributed by atoms with van der Waals surface area (Å²) in [6.07, 6.45) is 0. The van der Waals surface area contributed by atoms with Crippen LogP contribution < -0.4 is 11.2 Å². The molecular weight excluding hydrogens is 627 g/mol. The van der Waals surface area contributed by atoms with Gasteiger partial charge in [-0.15, -0.1) is 4.91 Å². The van der Waals surface area contributed by atoms with E-state index < -0.39 is 0 Å². The van der Waals surface area contributed by atoms with Crippen LogP contribution in [-0.2, 0) is 0 Å². The van der Waals surface area contributed by atoms with Crippen molar-refractivity contribution in [3.05, 3.63) is 4.91 Å². The summed E-state index contributed by atoms with van der Waals surface area (Å²) in [6.45, 7) is 69.3. The van der Waals surface area contributed by atoms with Gasteiger partial charge in [0.05, 0.1) is 16.4 Å². The second-order valence-corrected chi connectivity index (χ2v) is 25.0. The van der Waals surface area contributed by atoms with Crippen LogP contribution in [0, 0.1) is 53.6 Å². The quantitative estimate of drug-likeness (QED) is 0.208. The molecule has 304 valence electrons. The molecule has 6 heteroatoms. The Morgan fingerprint density at radius 3 is 0.745 bits per heavy atom. The molecule has 3 aliphatic rings. The summed E-state index contributed by atoms with van der Waals surface area (Å²) in [7, 11) is 0. The molecule has 6 nitrogen and oxygen atoms in total. The first-order chi connectivity index (χ1) is 21.6. The summed E-state index contributed by atoms with van der Waals surface area (Å²) in [4.78, 5) is 11.5. The Kier molecular flexibility index (Phi) is 11.5. The van der Waals surface area contributed by atoms with E-state index in [4.69, 9.17) is 5.84 Å². The van der Waals surface area contributed by atoms with Crippen LogP contribution in [0.4, 0.5) is 0 Å².